The Morgan fingerprint density at radius 3 is 2.33 bits per heavy atom. The topological polar surface area (TPSA) is 102 Å². The molecule has 0 unspecified atom stereocenters. The largest absolute Gasteiger partial charge is 0.475 e. The number of urea groups is 1. The smallest absolute Gasteiger partial charge is 0.426 e. The van der Waals surface area contributed by atoms with Crippen LogP contribution in [0.4, 0.5) is 4.79 Å². The number of amides is 3. The lowest BCUT2D eigenvalue weighted by molar-refractivity contribution is -0.123. The van der Waals surface area contributed by atoms with E-state index in [0.29, 0.717) is 32.4 Å². The summed E-state index contributed by atoms with van der Waals surface area (Å²) in [5, 5.41) is 25.1. The average molecular weight is 451 g/mol. The summed E-state index contributed by atoms with van der Waals surface area (Å²) >= 11 is 0. The summed E-state index contributed by atoms with van der Waals surface area (Å²) in [7, 11) is -1.67. The SMILES string of the molecule is CC(C)C[C@H](NC(=O)[C@H](CCc1ccccc1)NC(=O)N1CCc2ccccc2C1)B(O)O. The van der Waals surface area contributed by atoms with E-state index in [2.05, 4.69) is 16.7 Å². The summed E-state index contributed by atoms with van der Waals surface area (Å²) in [6.45, 7) is 4.98. The molecule has 1 aliphatic heterocycles. The van der Waals surface area contributed by atoms with Crippen LogP contribution in [0, 0.1) is 5.92 Å². The lowest BCUT2D eigenvalue weighted by Crippen LogP contribution is -2.56. The van der Waals surface area contributed by atoms with Gasteiger partial charge in [-0.25, -0.2) is 4.79 Å². The van der Waals surface area contributed by atoms with Crippen molar-refractivity contribution in [2.24, 2.45) is 5.92 Å². The van der Waals surface area contributed by atoms with Crippen LogP contribution in [0.5, 0.6) is 0 Å². The molecule has 0 radical (unpaired) electrons. The summed E-state index contributed by atoms with van der Waals surface area (Å²) in [6, 6.07) is 16.8. The summed E-state index contributed by atoms with van der Waals surface area (Å²) in [4.78, 5) is 27.9. The third-order valence-corrected chi connectivity index (χ3v) is 6.01. The second-order valence-corrected chi connectivity index (χ2v) is 9.12. The van der Waals surface area contributed by atoms with Gasteiger partial charge in [-0.2, -0.15) is 0 Å². The number of nitrogens with zero attached hydrogens (tertiary/aromatic N) is 1. The van der Waals surface area contributed by atoms with E-state index in [1.807, 2.05) is 62.4 Å². The fourth-order valence-electron chi connectivity index (χ4n) is 4.18. The van der Waals surface area contributed by atoms with E-state index in [0.717, 1.165) is 17.5 Å². The number of rotatable bonds is 9. The molecule has 2 atom stereocenters. The van der Waals surface area contributed by atoms with E-state index in [1.165, 1.54) is 5.56 Å². The maximum absolute atomic E-state index is 13.1. The summed E-state index contributed by atoms with van der Waals surface area (Å²) in [5.41, 5.74) is 3.43. The van der Waals surface area contributed by atoms with Crippen LogP contribution in [-0.4, -0.2) is 52.5 Å². The number of fused-ring (bicyclic) bond motifs is 1. The molecule has 1 aliphatic rings. The van der Waals surface area contributed by atoms with Crippen molar-refractivity contribution >= 4 is 19.1 Å². The van der Waals surface area contributed by atoms with E-state index in [4.69, 9.17) is 0 Å². The molecule has 0 aliphatic carbocycles. The molecule has 33 heavy (non-hydrogen) atoms. The van der Waals surface area contributed by atoms with Crippen LogP contribution >= 0.6 is 0 Å². The highest BCUT2D eigenvalue weighted by Gasteiger charge is 2.31. The average Bonchev–Trinajstić information content (AvgIpc) is 2.81. The third kappa shape index (κ3) is 7.34. The normalized spacial score (nSPS) is 14.9. The van der Waals surface area contributed by atoms with Gasteiger partial charge in [-0.1, -0.05) is 68.4 Å². The van der Waals surface area contributed by atoms with Gasteiger partial charge in [0.15, 0.2) is 0 Å². The van der Waals surface area contributed by atoms with Crippen LogP contribution in [0.1, 0.15) is 43.4 Å². The summed E-state index contributed by atoms with van der Waals surface area (Å²) in [6.07, 6.45) is 2.21. The molecule has 2 aromatic carbocycles. The number of carbonyl (C=O) groups excluding carboxylic acids is 2. The van der Waals surface area contributed by atoms with E-state index in [1.54, 1.807) is 4.90 Å². The lowest BCUT2D eigenvalue weighted by Gasteiger charge is -2.31. The molecule has 1 heterocycles. The van der Waals surface area contributed by atoms with Gasteiger partial charge in [0.2, 0.25) is 5.91 Å². The predicted molar refractivity (Wildman–Crippen MR) is 129 cm³/mol. The van der Waals surface area contributed by atoms with Crippen molar-refractivity contribution < 1.29 is 19.6 Å². The Morgan fingerprint density at radius 2 is 1.67 bits per heavy atom. The fourth-order valence-corrected chi connectivity index (χ4v) is 4.18. The number of hydrogen-bond donors (Lipinski definition) is 4. The van der Waals surface area contributed by atoms with Crippen molar-refractivity contribution in [3.63, 3.8) is 0 Å². The maximum Gasteiger partial charge on any atom is 0.475 e. The van der Waals surface area contributed by atoms with Crippen molar-refractivity contribution in [2.75, 3.05) is 6.54 Å². The zero-order valence-corrected chi connectivity index (χ0v) is 19.4. The van der Waals surface area contributed by atoms with Crippen LogP contribution in [-0.2, 0) is 24.2 Å². The van der Waals surface area contributed by atoms with Crippen molar-refractivity contribution in [1.29, 1.82) is 0 Å². The van der Waals surface area contributed by atoms with Crippen LogP contribution in [0.3, 0.4) is 0 Å². The molecule has 2 aromatic rings. The Bertz CT molecular complexity index is 923. The molecule has 0 saturated heterocycles. The second kappa shape index (κ2) is 11.9. The quantitative estimate of drug-likeness (QED) is 0.440. The van der Waals surface area contributed by atoms with E-state index in [9.17, 15) is 19.6 Å². The van der Waals surface area contributed by atoms with Crippen molar-refractivity contribution in [3.05, 3.63) is 71.3 Å². The van der Waals surface area contributed by atoms with Gasteiger partial charge in [-0.15, -0.1) is 0 Å². The Hall–Kier alpha value is -2.84. The number of carbonyl (C=O) groups is 2. The first-order valence-corrected chi connectivity index (χ1v) is 11.7. The summed E-state index contributed by atoms with van der Waals surface area (Å²) in [5.74, 6) is -1.03. The maximum atomic E-state index is 13.1. The van der Waals surface area contributed by atoms with E-state index in [-0.39, 0.29) is 11.9 Å². The number of hydrogen-bond acceptors (Lipinski definition) is 4. The lowest BCUT2D eigenvalue weighted by atomic mass is 9.75. The number of nitrogens with one attached hydrogen (secondary N) is 2. The zero-order valence-electron chi connectivity index (χ0n) is 19.4. The Morgan fingerprint density at radius 1 is 1.00 bits per heavy atom. The van der Waals surface area contributed by atoms with Gasteiger partial charge in [0, 0.05) is 13.1 Å². The molecule has 0 saturated carbocycles. The minimum Gasteiger partial charge on any atom is -0.426 e. The monoisotopic (exact) mass is 451 g/mol. The fraction of sp³-hybridized carbons (Fsp3) is 0.440. The first kappa shape index (κ1) is 24.8. The standard InChI is InChI=1S/C25H34BN3O4/c1-18(2)16-23(26(32)33)28-24(30)22(13-12-19-8-4-3-5-9-19)27-25(31)29-15-14-20-10-6-7-11-21(20)17-29/h3-11,18,22-23,32-33H,12-17H2,1-2H3,(H,27,31)(H,28,30)/t22-,23-/m0/s1. The molecule has 0 spiro atoms. The van der Waals surface area contributed by atoms with Crippen LogP contribution in [0.2, 0.25) is 0 Å². The molecule has 7 nitrogen and oxygen atoms in total. The van der Waals surface area contributed by atoms with E-state index < -0.39 is 25.0 Å². The van der Waals surface area contributed by atoms with E-state index >= 15 is 0 Å². The van der Waals surface area contributed by atoms with Gasteiger partial charge >= 0.3 is 13.1 Å². The first-order chi connectivity index (χ1) is 15.8. The predicted octanol–water partition coefficient (Wildman–Crippen LogP) is 2.30. The molecular formula is C25H34BN3O4. The van der Waals surface area contributed by atoms with Crippen LogP contribution in [0.25, 0.3) is 0 Å². The Labute approximate surface area is 196 Å². The van der Waals surface area contributed by atoms with Crippen LogP contribution < -0.4 is 10.6 Å². The second-order valence-electron chi connectivity index (χ2n) is 9.12. The van der Waals surface area contributed by atoms with Gasteiger partial charge < -0.3 is 25.6 Å². The third-order valence-electron chi connectivity index (χ3n) is 6.01. The Balaban J connectivity index is 1.69. The van der Waals surface area contributed by atoms with Gasteiger partial charge in [0.1, 0.15) is 6.04 Å². The molecule has 3 amide bonds. The van der Waals surface area contributed by atoms with Gasteiger partial charge in [0.05, 0.1) is 5.94 Å². The molecule has 0 aromatic heterocycles. The highest BCUT2D eigenvalue weighted by molar-refractivity contribution is 6.43. The first-order valence-electron chi connectivity index (χ1n) is 11.7. The highest BCUT2D eigenvalue weighted by Crippen LogP contribution is 2.19. The Kier molecular flexibility index (Phi) is 8.91. The van der Waals surface area contributed by atoms with Crippen LogP contribution in [0.15, 0.2) is 54.6 Å². The summed E-state index contributed by atoms with van der Waals surface area (Å²) < 4.78 is 0. The minimum absolute atomic E-state index is 0.169. The number of aryl methyl sites for hydroxylation is 1. The van der Waals surface area contributed by atoms with Gasteiger partial charge in [0.25, 0.3) is 0 Å². The zero-order chi connectivity index (χ0) is 23.8. The van der Waals surface area contributed by atoms with Crippen molar-refractivity contribution in [1.82, 2.24) is 15.5 Å². The molecule has 8 heteroatoms. The molecular weight excluding hydrogens is 417 g/mol. The van der Waals surface area contributed by atoms with Gasteiger partial charge in [-0.05, 0) is 48.3 Å². The molecule has 0 fully saturated rings. The minimum atomic E-state index is -1.67. The highest BCUT2D eigenvalue weighted by atomic mass is 16.4. The molecule has 176 valence electrons. The molecule has 3 rings (SSSR count). The van der Waals surface area contributed by atoms with Crippen molar-refractivity contribution in [2.45, 2.75) is 58.1 Å². The van der Waals surface area contributed by atoms with Crippen molar-refractivity contribution in [3.8, 4) is 0 Å². The van der Waals surface area contributed by atoms with Gasteiger partial charge in [-0.3, -0.25) is 4.79 Å². The number of benzene rings is 2. The molecule has 4 N–H and O–H groups in total. The molecule has 0 bridgehead atoms.